The van der Waals surface area contributed by atoms with Crippen LogP contribution in [0.3, 0.4) is 0 Å². The van der Waals surface area contributed by atoms with Crippen LogP contribution in [0.5, 0.6) is 5.75 Å². The van der Waals surface area contributed by atoms with Crippen LogP contribution in [0.25, 0.3) is 16.7 Å². The van der Waals surface area contributed by atoms with Gasteiger partial charge in [0.05, 0.1) is 24.4 Å². The van der Waals surface area contributed by atoms with E-state index in [1.54, 1.807) is 36.3 Å². The van der Waals surface area contributed by atoms with Gasteiger partial charge in [-0.2, -0.15) is 10.1 Å². The highest BCUT2D eigenvalue weighted by Gasteiger charge is 2.09. The Hall–Kier alpha value is -3.98. The molecule has 4 aromatic rings. The fourth-order valence-corrected chi connectivity index (χ4v) is 2.88. The number of hydrogen-bond acceptors (Lipinski definition) is 7. The molecule has 2 aromatic carbocycles. The van der Waals surface area contributed by atoms with E-state index in [4.69, 9.17) is 9.47 Å². The molecule has 0 aliphatic rings. The number of fused-ring (bicyclic) bond motifs is 1. The molecule has 4 rings (SSSR count). The van der Waals surface area contributed by atoms with Crippen molar-refractivity contribution >= 4 is 34.3 Å². The first-order chi connectivity index (χ1) is 14.7. The molecule has 1 amide bonds. The topological polar surface area (TPSA) is 103 Å². The Morgan fingerprint density at radius 3 is 2.43 bits per heavy atom. The standard InChI is InChI=1S/C21H20N6O3/c1-29-13-19(28)24-15-3-5-16(6-4-15)25-21-22-11-14-12-23-27(20(14)26-21)17-7-9-18(30-2)10-8-17/h3-12H,13H2,1-2H3,(H,24,28)(H,22,25,26). The first-order valence-electron chi connectivity index (χ1n) is 9.17. The molecule has 2 heterocycles. The number of benzene rings is 2. The number of methoxy groups -OCH3 is 2. The van der Waals surface area contributed by atoms with Gasteiger partial charge >= 0.3 is 0 Å². The molecule has 9 nitrogen and oxygen atoms in total. The van der Waals surface area contributed by atoms with Gasteiger partial charge in [0, 0.05) is 24.7 Å². The predicted molar refractivity (Wildman–Crippen MR) is 113 cm³/mol. The molecule has 0 bridgehead atoms. The molecular formula is C21H20N6O3. The molecule has 9 heteroatoms. The molecule has 2 N–H and O–H groups in total. The largest absolute Gasteiger partial charge is 0.497 e. The minimum atomic E-state index is -0.209. The van der Waals surface area contributed by atoms with Crippen LogP contribution in [0.2, 0.25) is 0 Å². The van der Waals surface area contributed by atoms with Crippen LogP contribution >= 0.6 is 0 Å². The van der Waals surface area contributed by atoms with E-state index in [9.17, 15) is 4.79 Å². The number of amides is 1. The second-order valence-corrected chi connectivity index (χ2v) is 6.41. The summed E-state index contributed by atoms with van der Waals surface area (Å²) in [5.74, 6) is 1.00. The number of nitrogens with zero attached hydrogens (tertiary/aromatic N) is 4. The molecule has 152 valence electrons. The van der Waals surface area contributed by atoms with Gasteiger partial charge in [-0.1, -0.05) is 0 Å². The van der Waals surface area contributed by atoms with Crippen LogP contribution < -0.4 is 15.4 Å². The van der Waals surface area contributed by atoms with E-state index >= 15 is 0 Å². The van der Waals surface area contributed by atoms with Gasteiger partial charge in [-0.15, -0.1) is 0 Å². The Bertz CT molecular complexity index is 1160. The maximum atomic E-state index is 11.6. The molecule has 0 unspecified atom stereocenters. The third-order valence-corrected chi connectivity index (χ3v) is 4.33. The summed E-state index contributed by atoms with van der Waals surface area (Å²) >= 11 is 0. The number of carbonyl (C=O) groups is 1. The van der Waals surface area contributed by atoms with Gasteiger partial charge in [0.1, 0.15) is 12.4 Å². The number of rotatable bonds is 7. The second-order valence-electron chi connectivity index (χ2n) is 6.41. The molecule has 0 fully saturated rings. The quantitative estimate of drug-likeness (QED) is 0.488. The van der Waals surface area contributed by atoms with Gasteiger partial charge in [0.2, 0.25) is 11.9 Å². The summed E-state index contributed by atoms with van der Waals surface area (Å²) in [5.41, 5.74) is 3.01. The smallest absolute Gasteiger partial charge is 0.250 e. The summed E-state index contributed by atoms with van der Waals surface area (Å²) in [6, 6.07) is 14.8. The summed E-state index contributed by atoms with van der Waals surface area (Å²) in [5, 5.41) is 11.2. The highest BCUT2D eigenvalue weighted by molar-refractivity contribution is 5.91. The Morgan fingerprint density at radius 1 is 1.00 bits per heavy atom. The summed E-state index contributed by atoms with van der Waals surface area (Å²) in [6.45, 7) is 0.00966. The minimum Gasteiger partial charge on any atom is -0.497 e. The highest BCUT2D eigenvalue weighted by Crippen LogP contribution is 2.21. The van der Waals surface area contributed by atoms with Crippen molar-refractivity contribution in [3.63, 3.8) is 0 Å². The van der Waals surface area contributed by atoms with E-state index in [1.807, 2.05) is 36.4 Å². The summed E-state index contributed by atoms with van der Waals surface area (Å²) < 4.78 is 11.8. The van der Waals surface area contributed by atoms with Crippen LogP contribution in [-0.4, -0.2) is 46.5 Å². The normalized spacial score (nSPS) is 10.7. The van der Waals surface area contributed by atoms with Crippen LogP contribution in [-0.2, 0) is 9.53 Å². The van der Waals surface area contributed by atoms with Gasteiger partial charge < -0.3 is 20.1 Å². The third kappa shape index (κ3) is 4.20. The number of carbonyl (C=O) groups excluding carboxylic acids is 1. The maximum absolute atomic E-state index is 11.6. The molecule has 0 saturated carbocycles. The summed E-state index contributed by atoms with van der Waals surface area (Å²) in [6.07, 6.45) is 3.44. The number of anilines is 3. The van der Waals surface area contributed by atoms with E-state index in [-0.39, 0.29) is 12.5 Å². The van der Waals surface area contributed by atoms with Gasteiger partial charge in [0.25, 0.3) is 0 Å². The Morgan fingerprint density at radius 2 is 1.73 bits per heavy atom. The molecule has 0 spiro atoms. The molecule has 0 aliphatic carbocycles. The van der Waals surface area contributed by atoms with Crippen molar-refractivity contribution in [1.82, 2.24) is 19.7 Å². The lowest BCUT2D eigenvalue weighted by Crippen LogP contribution is -2.16. The lowest BCUT2D eigenvalue weighted by molar-refractivity contribution is -0.119. The Kier molecular flexibility index (Phi) is 5.53. The Labute approximate surface area is 172 Å². The van der Waals surface area contributed by atoms with E-state index in [2.05, 4.69) is 25.7 Å². The van der Waals surface area contributed by atoms with Crippen molar-refractivity contribution in [2.75, 3.05) is 31.5 Å². The van der Waals surface area contributed by atoms with Crippen molar-refractivity contribution in [2.24, 2.45) is 0 Å². The molecule has 0 saturated heterocycles. The van der Waals surface area contributed by atoms with E-state index in [0.717, 1.165) is 22.5 Å². The average molecular weight is 404 g/mol. The molecular weight excluding hydrogens is 384 g/mol. The number of nitrogens with one attached hydrogen (secondary N) is 2. The van der Waals surface area contributed by atoms with Gasteiger partial charge in [-0.25, -0.2) is 9.67 Å². The maximum Gasteiger partial charge on any atom is 0.250 e. The molecule has 0 atom stereocenters. The minimum absolute atomic E-state index is 0.00966. The first kappa shape index (κ1) is 19.3. The van der Waals surface area contributed by atoms with Crippen LogP contribution in [0.4, 0.5) is 17.3 Å². The lowest BCUT2D eigenvalue weighted by Gasteiger charge is -2.08. The third-order valence-electron chi connectivity index (χ3n) is 4.33. The SMILES string of the molecule is COCC(=O)Nc1ccc(Nc2ncc3cnn(-c4ccc(OC)cc4)c3n2)cc1. The molecule has 2 aromatic heterocycles. The van der Waals surface area contributed by atoms with E-state index in [1.165, 1.54) is 7.11 Å². The fraction of sp³-hybridized carbons (Fsp3) is 0.143. The van der Waals surface area contributed by atoms with Crippen molar-refractivity contribution in [1.29, 1.82) is 0 Å². The summed E-state index contributed by atoms with van der Waals surface area (Å²) in [4.78, 5) is 20.5. The fourth-order valence-electron chi connectivity index (χ4n) is 2.88. The second kappa shape index (κ2) is 8.58. The van der Waals surface area contributed by atoms with Crippen LogP contribution in [0.1, 0.15) is 0 Å². The molecule has 0 radical (unpaired) electrons. The number of hydrogen-bond donors (Lipinski definition) is 2. The van der Waals surface area contributed by atoms with Crippen molar-refractivity contribution in [3.8, 4) is 11.4 Å². The first-order valence-corrected chi connectivity index (χ1v) is 9.17. The molecule has 0 aliphatic heterocycles. The van der Waals surface area contributed by atoms with Gasteiger partial charge in [-0.05, 0) is 48.5 Å². The van der Waals surface area contributed by atoms with E-state index in [0.29, 0.717) is 17.3 Å². The zero-order valence-corrected chi connectivity index (χ0v) is 16.5. The monoisotopic (exact) mass is 404 g/mol. The number of ether oxygens (including phenoxy) is 2. The lowest BCUT2D eigenvalue weighted by atomic mass is 10.3. The number of aromatic nitrogens is 4. The van der Waals surface area contributed by atoms with Crippen LogP contribution in [0.15, 0.2) is 60.9 Å². The van der Waals surface area contributed by atoms with Crippen LogP contribution in [0, 0.1) is 0 Å². The van der Waals surface area contributed by atoms with Gasteiger partial charge in [-0.3, -0.25) is 4.79 Å². The van der Waals surface area contributed by atoms with Crippen molar-refractivity contribution in [3.05, 3.63) is 60.9 Å². The predicted octanol–water partition coefficient (Wildman–Crippen LogP) is 3.15. The molecule has 30 heavy (non-hydrogen) atoms. The average Bonchev–Trinajstić information content (AvgIpc) is 3.19. The van der Waals surface area contributed by atoms with Crippen molar-refractivity contribution in [2.45, 2.75) is 0 Å². The van der Waals surface area contributed by atoms with E-state index < -0.39 is 0 Å². The zero-order valence-electron chi connectivity index (χ0n) is 16.5. The highest BCUT2D eigenvalue weighted by atomic mass is 16.5. The Balaban J connectivity index is 1.54. The zero-order chi connectivity index (χ0) is 20.9. The van der Waals surface area contributed by atoms with Gasteiger partial charge in [0.15, 0.2) is 5.65 Å². The van der Waals surface area contributed by atoms with Crippen molar-refractivity contribution < 1.29 is 14.3 Å². The summed E-state index contributed by atoms with van der Waals surface area (Å²) in [7, 11) is 3.10.